The fraction of sp³-hybridized carbons (Fsp3) is 0.296. The Morgan fingerprint density at radius 2 is 1.53 bits per heavy atom. The van der Waals surface area contributed by atoms with E-state index in [-0.39, 0.29) is 12.5 Å². The molecule has 0 saturated carbocycles. The summed E-state index contributed by atoms with van der Waals surface area (Å²) in [6.07, 6.45) is 3.33. The molecule has 0 aliphatic rings. The van der Waals surface area contributed by atoms with Crippen LogP contribution in [0.1, 0.15) is 40.4 Å². The average Bonchev–Trinajstić information content (AvgIpc) is 2.82. The van der Waals surface area contributed by atoms with Crippen LogP contribution in [0.25, 0.3) is 0 Å². The predicted octanol–water partition coefficient (Wildman–Crippen LogP) is 4.72. The minimum Gasteiger partial charge on any atom is -0.492 e. The number of hydrogen-bond donors (Lipinski definition) is 1. The maximum atomic E-state index is 12.5. The number of amides is 1. The molecule has 0 bridgehead atoms. The first-order valence-corrected chi connectivity index (χ1v) is 13.2. The molecular formula is C27H32N2O4S. The van der Waals surface area contributed by atoms with E-state index < -0.39 is 10.0 Å². The van der Waals surface area contributed by atoms with Crippen LogP contribution in [0.3, 0.4) is 0 Å². The van der Waals surface area contributed by atoms with Gasteiger partial charge in [0.1, 0.15) is 12.4 Å². The third kappa shape index (κ3) is 7.35. The Kier molecular flexibility index (Phi) is 8.71. The van der Waals surface area contributed by atoms with Crippen molar-refractivity contribution in [2.24, 2.45) is 0 Å². The monoisotopic (exact) mass is 480 g/mol. The third-order valence-corrected chi connectivity index (χ3v) is 6.52. The number of aryl methyl sites for hydroxylation is 2. The van der Waals surface area contributed by atoms with E-state index in [1.54, 1.807) is 24.3 Å². The van der Waals surface area contributed by atoms with E-state index in [2.05, 4.69) is 24.4 Å². The molecule has 0 atom stereocenters. The summed E-state index contributed by atoms with van der Waals surface area (Å²) in [4.78, 5) is 12.5. The van der Waals surface area contributed by atoms with Gasteiger partial charge in [0.15, 0.2) is 0 Å². The van der Waals surface area contributed by atoms with Crippen molar-refractivity contribution >= 4 is 21.6 Å². The van der Waals surface area contributed by atoms with Crippen LogP contribution in [-0.4, -0.2) is 33.7 Å². The Bertz CT molecular complexity index is 1170. The standard InChI is InChI=1S/C27H32N2O4S/c1-4-5-22-10-16-26(17-11-22)33-19-18-28-27(30)24-12-14-25(15-13-24)29(34(3,31)32)20-23-8-6-21(2)7-9-23/h6-17H,4-5,18-20H2,1-3H3,(H,28,30). The Labute approximate surface area is 202 Å². The van der Waals surface area contributed by atoms with Crippen LogP contribution < -0.4 is 14.4 Å². The van der Waals surface area contributed by atoms with Crippen molar-refractivity contribution in [3.63, 3.8) is 0 Å². The number of benzene rings is 3. The van der Waals surface area contributed by atoms with E-state index in [4.69, 9.17) is 4.74 Å². The van der Waals surface area contributed by atoms with Gasteiger partial charge in [-0.25, -0.2) is 8.42 Å². The number of ether oxygens (including phenoxy) is 1. The lowest BCUT2D eigenvalue weighted by Crippen LogP contribution is -2.30. The van der Waals surface area contributed by atoms with Crippen molar-refractivity contribution in [2.75, 3.05) is 23.7 Å². The highest BCUT2D eigenvalue weighted by Crippen LogP contribution is 2.21. The fourth-order valence-electron chi connectivity index (χ4n) is 3.51. The zero-order valence-electron chi connectivity index (χ0n) is 20.0. The highest BCUT2D eigenvalue weighted by atomic mass is 32.2. The molecule has 0 unspecified atom stereocenters. The Morgan fingerprint density at radius 1 is 0.912 bits per heavy atom. The van der Waals surface area contributed by atoms with Gasteiger partial charge >= 0.3 is 0 Å². The van der Waals surface area contributed by atoms with E-state index in [0.29, 0.717) is 24.4 Å². The maximum Gasteiger partial charge on any atom is 0.251 e. The molecule has 0 heterocycles. The summed E-state index contributed by atoms with van der Waals surface area (Å²) in [5.74, 6) is 0.533. The van der Waals surface area contributed by atoms with Gasteiger partial charge in [0, 0.05) is 5.56 Å². The van der Waals surface area contributed by atoms with Crippen LogP contribution in [-0.2, 0) is 23.0 Å². The lowest BCUT2D eigenvalue weighted by atomic mass is 10.1. The Morgan fingerprint density at radius 3 is 2.12 bits per heavy atom. The van der Waals surface area contributed by atoms with Crippen molar-refractivity contribution in [1.82, 2.24) is 5.32 Å². The van der Waals surface area contributed by atoms with Gasteiger partial charge in [0.2, 0.25) is 10.0 Å². The van der Waals surface area contributed by atoms with E-state index in [1.165, 1.54) is 16.1 Å². The van der Waals surface area contributed by atoms with Gasteiger partial charge in [-0.3, -0.25) is 9.10 Å². The molecule has 0 radical (unpaired) electrons. The number of nitrogens with one attached hydrogen (secondary N) is 1. The van der Waals surface area contributed by atoms with Crippen LogP contribution in [0.15, 0.2) is 72.8 Å². The molecule has 3 aromatic rings. The lowest BCUT2D eigenvalue weighted by molar-refractivity contribution is 0.0947. The zero-order chi connectivity index (χ0) is 24.6. The quantitative estimate of drug-likeness (QED) is 0.403. The smallest absolute Gasteiger partial charge is 0.251 e. The van der Waals surface area contributed by atoms with E-state index in [0.717, 1.165) is 29.7 Å². The lowest BCUT2D eigenvalue weighted by Gasteiger charge is -2.23. The van der Waals surface area contributed by atoms with E-state index in [1.807, 2.05) is 43.3 Å². The van der Waals surface area contributed by atoms with Crippen LogP contribution in [0.4, 0.5) is 5.69 Å². The Balaban J connectivity index is 1.55. The van der Waals surface area contributed by atoms with Gasteiger partial charge in [-0.1, -0.05) is 55.3 Å². The van der Waals surface area contributed by atoms with Gasteiger partial charge in [-0.2, -0.15) is 0 Å². The summed E-state index contributed by atoms with van der Waals surface area (Å²) in [6, 6.07) is 22.3. The Hall–Kier alpha value is -3.32. The second-order valence-corrected chi connectivity index (χ2v) is 10.2. The molecule has 0 aromatic heterocycles. The minimum absolute atomic E-state index is 0.224. The molecule has 0 fully saturated rings. The molecule has 0 spiro atoms. The number of sulfonamides is 1. The first-order chi connectivity index (χ1) is 16.3. The van der Waals surface area contributed by atoms with Crippen LogP contribution >= 0.6 is 0 Å². The van der Waals surface area contributed by atoms with Crippen LogP contribution in [0, 0.1) is 6.92 Å². The molecule has 1 N–H and O–H groups in total. The zero-order valence-corrected chi connectivity index (χ0v) is 20.8. The molecular weight excluding hydrogens is 448 g/mol. The van der Waals surface area contributed by atoms with E-state index >= 15 is 0 Å². The minimum atomic E-state index is -3.49. The molecule has 0 aliphatic heterocycles. The summed E-state index contributed by atoms with van der Waals surface area (Å²) in [5, 5.41) is 2.83. The molecule has 3 rings (SSSR count). The summed E-state index contributed by atoms with van der Waals surface area (Å²) in [7, 11) is -3.49. The second kappa shape index (κ2) is 11.7. The van der Waals surface area contributed by atoms with Crippen molar-refractivity contribution in [3.05, 3.63) is 95.1 Å². The summed E-state index contributed by atoms with van der Waals surface area (Å²) in [5.41, 5.74) is 4.24. The molecule has 6 nitrogen and oxygen atoms in total. The van der Waals surface area contributed by atoms with Gasteiger partial charge < -0.3 is 10.1 Å². The summed E-state index contributed by atoms with van der Waals surface area (Å²) < 4.78 is 31.8. The molecule has 3 aromatic carbocycles. The van der Waals surface area contributed by atoms with E-state index in [9.17, 15) is 13.2 Å². The van der Waals surface area contributed by atoms with Crippen LogP contribution in [0.2, 0.25) is 0 Å². The maximum absolute atomic E-state index is 12.5. The average molecular weight is 481 g/mol. The van der Waals surface area contributed by atoms with Crippen molar-refractivity contribution < 1.29 is 17.9 Å². The van der Waals surface area contributed by atoms with Gasteiger partial charge in [-0.15, -0.1) is 0 Å². The SMILES string of the molecule is CCCc1ccc(OCCNC(=O)c2ccc(N(Cc3ccc(C)cc3)S(C)(=O)=O)cc2)cc1. The normalized spacial score (nSPS) is 11.1. The van der Waals surface area contributed by atoms with Gasteiger partial charge in [0.05, 0.1) is 25.0 Å². The molecule has 34 heavy (non-hydrogen) atoms. The molecule has 0 aliphatic carbocycles. The summed E-state index contributed by atoms with van der Waals surface area (Å²) in [6.45, 7) is 5.07. The highest BCUT2D eigenvalue weighted by molar-refractivity contribution is 7.92. The van der Waals surface area contributed by atoms with Crippen molar-refractivity contribution in [3.8, 4) is 5.75 Å². The molecule has 0 saturated heterocycles. The number of carbonyl (C=O) groups excluding carboxylic acids is 1. The number of hydrogen-bond acceptors (Lipinski definition) is 4. The third-order valence-electron chi connectivity index (χ3n) is 5.38. The van der Waals surface area contributed by atoms with Gasteiger partial charge in [-0.05, 0) is 60.9 Å². The number of carbonyl (C=O) groups is 1. The highest BCUT2D eigenvalue weighted by Gasteiger charge is 2.18. The van der Waals surface area contributed by atoms with Crippen LogP contribution in [0.5, 0.6) is 5.75 Å². The van der Waals surface area contributed by atoms with Crippen molar-refractivity contribution in [2.45, 2.75) is 33.2 Å². The number of anilines is 1. The molecule has 7 heteroatoms. The first kappa shape index (κ1) is 25.3. The largest absolute Gasteiger partial charge is 0.492 e. The predicted molar refractivity (Wildman–Crippen MR) is 137 cm³/mol. The summed E-state index contributed by atoms with van der Waals surface area (Å²) >= 11 is 0. The number of rotatable bonds is 11. The van der Waals surface area contributed by atoms with Gasteiger partial charge in [0.25, 0.3) is 5.91 Å². The first-order valence-electron chi connectivity index (χ1n) is 11.4. The number of nitrogens with zero attached hydrogens (tertiary/aromatic N) is 1. The molecule has 1 amide bonds. The molecule has 180 valence electrons. The second-order valence-electron chi connectivity index (χ2n) is 8.30. The fourth-order valence-corrected chi connectivity index (χ4v) is 4.40. The topological polar surface area (TPSA) is 75.7 Å². The van der Waals surface area contributed by atoms with Crippen molar-refractivity contribution in [1.29, 1.82) is 0 Å².